The number of nitrogens with one attached hydrogen (secondary N) is 1. The van der Waals surface area contributed by atoms with Crippen LogP contribution in [0, 0.1) is 13.8 Å². The van der Waals surface area contributed by atoms with Crippen LogP contribution in [0.1, 0.15) is 22.6 Å². The molecule has 2 aromatic rings. The Morgan fingerprint density at radius 2 is 2.11 bits per heavy atom. The molecule has 0 aliphatic rings. The predicted octanol–water partition coefficient (Wildman–Crippen LogP) is 1.38. The quantitative estimate of drug-likeness (QED) is 0.861. The Balaban J connectivity index is 2.01. The summed E-state index contributed by atoms with van der Waals surface area (Å²) in [6, 6.07) is 0. The molecule has 0 saturated carbocycles. The molecule has 0 aromatic carbocycles. The number of pyridine rings is 1. The molecule has 18 heavy (non-hydrogen) atoms. The van der Waals surface area contributed by atoms with Gasteiger partial charge in [0.1, 0.15) is 5.75 Å². The van der Waals surface area contributed by atoms with Crippen molar-refractivity contribution in [3.05, 3.63) is 35.2 Å². The molecule has 2 aromatic heterocycles. The van der Waals surface area contributed by atoms with Crippen LogP contribution >= 0.6 is 0 Å². The minimum absolute atomic E-state index is 0.549. The number of rotatable bonds is 5. The van der Waals surface area contributed by atoms with Gasteiger partial charge in [-0.1, -0.05) is 5.16 Å². The fourth-order valence-corrected chi connectivity index (χ4v) is 1.81. The Kier molecular flexibility index (Phi) is 3.88. The van der Waals surface area contributed by atoms with E-state index in [1.54, 1.807) is 7.11 Å². The van der Waals surface area contributed by atoms with Crippen LogP contribution < -0.4 is 10.1 Å². The first-order valence-corrected chi connectivity index (χ1v) is 5.67. The van der Waals surface area contributed by atoms with Crippen LogP contribution in [0.25, 0.3) is 0 Å². The van der Waals surface area contributed by atoms with Crippen molar-refractivity contribution in [2.75, 3.05) is 7.11 Å². The Bertz CT molecular complexity index is 511. The molecule has 2 heterocycles. The third-order valence-electron chi connectivity index (χ3n) is 2.73. The maximum Gasteiger partial charge on any atom is 0.213 e. The van der Waals surface area contributed by atoms with Crippen LogP contribution in [-0.4, -0.2) is 22.2 Å². The Morgan fingerprint density at radius 3 is 2.78 bits per heavy atom. The zero-order chi connectivity index (χ0) is 13.0. The molecule has 0 bridgehead atoms. The van der Waals surface area contributed by atoms with Crippen LogP contribution in [-0.2, 0) is 13.1 Å². The first-order chi connectivity index (χ1) is 8.72. The highest BCUT2D eigenvalue weighted by Crippen LogP contribution is 2.23. The summed E-state index contributed by atoms with van der Waals surface area (Å²) < 4.78 is 10.0. The van der Waals surface area contributed by atoms with Crippen LogP contribution in [0.4, 0.5) is 0 Å². The van der Waals surface area contributed by atoms with Gasteiger partial charge in [-0.3, -0.25) is 4.98 Å². The number of aromatic nitrogens is 3. The highest BCUT2D eigenvalue weighted by molar-refractivity contribution is 5.40. The first-order valence-electron chi connectivity index (χ1n) is 5.67. The molecule has 0 amide bonds. The molecule has 6 heteroatoms. The molecule has 0 atom stereocenters. The lowest BCUT2D eigenvalue weighted by Gasteiger charge is -2.12. The van der Waals surface area contributed by atoms with Crippen molar-refractivity contribution in [3.63, 3.8) is 0 Å². The summed E-state index contributed by atoms with van der Waals surface area (Å²) in [5, 5.41) is 6.94. The van der Waals surface area contributed by atoms with Gasteiger partial charge in [0.25, 0.3) is 0 Å². The predicted molar refractivity (Wildman–Crippen MR) is 65.1 cm³/mol. The standard InChI is InChI=1S/C12H16N4O2/c1-8-4-14-10(9(2)12(8)17-3)5-13-6-11-15-7-18-16-11/h4,7,13H,5-6H2,1-3H3. The van der Waals surface area contributed by atoms with E-state index in [0.717, 1.165) is 22.6 Å². The molecule has 6 nitrogen and oxygen atoms in total. The van der Waals surface area contributed by atoms with Gasteiger partial charge >= 0.3 is 0 Å². The maximum atomic E-state index is 5.36. The van der Waals surface area contributed by atoms with Crippen LogP contribution in [0.3, 0.4) is 0 Å². The van der Waals surface area contributed by atoms with Gasteiger partial charge in [-0.2, -0.15) is 4.98 Å². The van der Waals surface area contributed by atoms with E-state index in [-0.39, 0.29) is 0 Å². The summed E-state index contributed by atoms with van der Waals surface area (Å²) in [4.78, 5) is 8.33. The van der Waals surface area contributed by atoms with E-state index in [1.807, 2.05) is 20.0 Å². The summed E-state index contributed by atoms with van der Waals surface area (Å²) >= 11 is 0. The van der Waals surface area contributed by atoms with E-state index in [1.165, 1.54) is 6.39 Å². The van der Waals surface area contributed by atoms with Crippen LogP contribution in [0.2, 0.25) is 0 Å². The number of hydrogen-bond acceptors (Lipinski definition) is 6. The summed E-state index contributed by atoms with van der Waals surface area (Å²) in [5.74, 6) is 1.52. The Morgan fingerprint density at radius 1 is 1.28 bits per heavy atom. The van der Waals surface area contributed by atoms with Gasteiger partial charge in [0.2, 0.25) is 6.39 Å². The normalized spacial score (nSPS) is 10.6. The number of ether oxygens (including phenoxy) is 1. The summed E-state index contributed by atoms with van der Waals surface area (Å²) in [7, 11) is 1.67. The van der Waals surface area contributed by atoms with E-state index in [0.29, 0.717) is 18.9 Å². The third kappa shape index (κ3) is 2.65. The smallest absolute Gasteiger partial charge is 0.213 e. The highest BCUT2D eigenvalue weighted by atomic mass is 16.5. The van der Waals surface area contributed by atoms with Crippen molar-refractivity contribution >= 4 is 0 Å². The number of hydrogen-bond donors (Lipinski definition) is 1. The molecule has 0 saturated heterocycles. The lowest BCUT2D eigenvalue weighted by atomic mass is 10.1. The van der Waals surface area contributed by atoms with Crippen molar-refractivity contribution < 1.29 is 9.26 Å². The molecular formula is C12H16N4O2. The number of methoxy groups -OCH3 is 1. The highest BCUT2D eigenvalue weighted by Gasteiger charge is 2.09. The molecule has 0 radical (unpaired) electrons. The molecule has 0 fully saturated rings. The van der Waals surface area contributed by atoms with Crippen molar-refractivity contribution in [2.45, 2.75) is 26.9 Å². The third-order valence-corrected chi connectivity index (χ3v) is 2.73. The fourth-order valence-electron chi connectivity index (χ4n) is 1.81. The van der Waals surface area contributed by atoms with Gasteiger partial charge in [-0.05, 0) is 13.8 Å². The number of nitrogens with zero attached hydrogens (tertiary/aromatic N) is 3. The fraction of sp³-hybridized carbons (Fsp3) is 0.417. The van der Waals surface area contributed by atoms with Gasteiger partial charge < -0.3 is 14.6 Å². The summed E-state index contributed by atoms with van der Waals surface area (Å²) in [6.45, 7) is 5.17. The van der Waals surface area contributed by atoms with E-state index >= 15 is 0 Å². The molecule has 1 N–H and O–H groups in total. The molecule has 0 aliphatic carbocycles. The largest absolute Gasteiger partial charge is 0.496 e. The van der Waals surface area contributed by atoms with Gasteiger partial charge in [0, 0.05) is 23.9 Å². The van der Waals surface area contributed by atoms with Crippen molar-refractivity contribution in [1.29, 1.82) is 0 Å². The average Bonchev–Trinajstić information content (AvgIpc) is 2.86. The second-order valence-electron chi connectivity index (χ2n) is 4.00. The van der Waals surface area contributed by atoms with E-state index < -0.39 is 0 Å². The second kappa shape index (κ2) is 5.59. The Labute approximate surface area is 105 Å². The second-order valence-corrected chi connectivity index (χ2v) is 4.00. The maximum absolute atomic E-state index is 5.36. The monoisotopic (exact) mass is 248 g/mol. The van der Waals surface area contributed by atoms with E-state index in [9.17, 15) is 0 Å². The van der Waals surface area contributed by atoms with Crippen molar-refractivity contribution in [1.82, 2.24) is 20.4 Å². The minimum atomic E-state index is 0.549. The van der Waals surface area contributed by atoms with E-state index in [4.69, 9.17) is 4.74 Å². The van der Waals surface area contributed by atoms with Gasteiger partial charge in [-0.15, -0.1) is 0 Å². The van der Waals surface area contributed by atoms with Crippen LogP contribution in [0.5, 0.6) is 5.75 Å². The zero-order valence-corrected chi connectivity index (χ0v) is 10.7. The molecule has 0 aliphatic heterocycles. The molecular weight excluding hydrogens is 232 g/mol. The Hall–Kier alpha value is -1.95. The van der Waals surface area contributed by atoms with Crippen molar-refractivity contribution in [2.24, 2.45) is 0 Å². The number of aryl methyl sites for hydroxylation is 1. The van der Waals surface area contributed by atoms with Crippen molar-refractivity contribution in [3.8, 4) is 5.75 Å². The van der Waals surface area contributed by atoms with Gasteiger partial charge in [0.15, 0.2) is 5.82 Å². The molecule has 2 rings (SSSR count). The molecule has 0 spiro atoms. The van der Waals surface area contributed by atoms with Crippen LogP contribution in [0.15, 0.2) is 17.1 Å². The molecule has 0 unspecified atom stereocenters. The average molecular weight is 248 g/mol. The minimum Gasteiger partial charge on any atom is -0.496 e. The lowest BCUT2D eigenvalue weighted by Crippen LogP contribution is -2.16. The first kappa shape index (κ1) is 12.5. The van der Waals surface area contributed by atoms with Gasteiger partial charge in [0.05, 0.1) is 19.3 Å². The zero-order valence-electron chi connectivity index (χ0n) is 10.7. The summed E-state index contributed by atoms with van der Waals surface area (Å²) in [5.41, 5.74) is 3.05. The van der Waals surface area contributed by atoms with E-state index in [2.05, 4.69) is 25.0 Å². The topological polar surface area (TPSA) is 73.1 Å². The molecule has 96 valence electrons. The summed E-state index contributed by atoms with van der Waals surface area (Å²) in [6.07, 6.45) is 3.13. The van der Waals surface area contributed by atoms with Gasteiger partial charge in [-0.25, -0.2) is 0 Å². The SMILES string of the molecule is COc1c(C)cnc(CNCc2ncon2)c1C. The lowest BCUT2D eigenvalue weighted by molar-refractivity contribution is 0.404.